The maximum absolute atomic E-state index is 13.6. The van der Waals surface area contributed by atoms with Gasteiger partial charge in [0.05, 0.1) is 24.1 Å². The van der Waals surface area contributed by atoms with E-state index in [1.165, 1.54) is 7.11 Å². The second-order valence-corrected chi connectivity index (χ2v) is 9.53. The highest BCUT2D eigenvalue weighted by molar-refractivity contribution is 6.37. The SMILES string of the molecule is COC(=O)Cc1cc(Cl)c2c(c1Cl)C(=O)N(Cc1c(C)cc(C)cc1OCc1ccccc1)CC2. The van der Waals surface area contributed by atoms with Crippen molar-refractivity contribution >= 4 is 35.1 Å². The van der Waals surface area contributed by atoms with Crippen molar-refractivity contribution in [3.05, 3.63) is 97.5 Å². The molecule has 0 fully saturated rings. The third-order valence-electron chi connectivity index (χ3n) is 6.25. The van der Waals surface area contributed by atoms with Crippen molar-refractivity contribution in [2.24, 2.45) is 0 Å². The van der Waals surface area contributed by atoms with Gasteiger partial charge in [-0.3, -0.25) is 9.59 Å². The van der Waals surface area contributed by atoms with Gasteiger partial charge in [-0.05, 0) is 60.2 Å². The Morgan fingerprint density at radius 3 is 2.54 bits per heavy atom. The number of halogens is 2. The molecule has 3 aromatic rings. The fraction of sp³-hybridized carbons (Fsp3) is 0.286. The zero-order chi connectivity index (χ0) is 25.1. The van der Waals surface area contributed by atoms with E-state index in [0.29, 0.717) is 47.8 Å². The second kappa shape index (κ2) is 10.7. The summed E-state index contributed by atoms with van der Waals surface area (Å²) in [7, 11) is 1.31. The van der Waals surface area contributed by atoms with Gasteiger partial charge in [0.25, 0.3) is 5.91 Å². The van der Waals surface area contributed by atoms with Gasteiger partial charge in [0.2, 0.25) is 0 Å². The first kappa shape index (κ1) is 25.1. The standard InChI is InChI=1S/C28H27Cl2NO4/c1-17-11-18(2)22(24(12-17)35-16-19-7-5-4-6-8-19)15-31-10-9-21-23(29)13-20(14-25(32)34-3)27(30)26(21)28(31)33/h4-8,11-13H,9-10,14-16H2,1-3H3. The van der Waals surface area contributed by atoms with Crippen LogP contribution in [0.5, 0.6) is 5.75 Å². The van der Waals surface area contributed by atoms with E-state index in [4.69, 9.17) is 32.7 Å². The Morgan fingerprint density at radius 1 is 1.09 bits per heavy atom. The summed E-state index contributed by atoms with van der Waals surface area (Å²) in [4.78, 5) is 27.2. The Morgan fingerprint density at radius 2 is 1.83 bits per heavy atom. The van der Waals surface area contributed by atoms with Gasteiger partial charge in [0, 0.05) is 23.7 Å². The average Bonchev–Trinajstić information content (AvgIpc) is 2.84. The van der Waals surface area contributed by atoms with Crippen LogP contribution < -0.4 is 4.74 Å². The van der Waals surface area contributed by atoms with E-state index in [9.17, 15) is 9.59 Å². The minimum Gasteiger partial charge on any atom is -0.489 e. The first-order valence-electron chi connectivity index (χ1n) is 11.4. The molecular weight excluding hydrogens is 485 g/mol. The summed E-state index contributed by atoms with van der Waals surface area (Å²) in [6, 6.07) is 15.7. The molecule has 1 amide bonds. The molecule has 35 heavy (non-hydrogen) atoms. The molecule has 0 unspecified atom stereocenters. The molecule has 0 spiro atoms. The lowest BCUT2D eigenvalue weighted by atomic mass is 9.94. The number of esters is 1. The number of carbonyl (C=O) groups excluding carboxylic acids is 2. The molecule has 4 rings (SSSR count). The molecule has 0 saturated heterocycles. The van der Waals surface area contributed by atoms with Gasteiger partial charge < -0.3 is 14.4 Å². The molecule has 0 atom stereocenters. The Balaban J connectivity index is 1.63. The lowest BCUT2D eigenvalue weighted by Gasteiger charge is -2.31. The molecule has 1 heterocycles. The highest BCUT2D eigenvalue weighted by Crippen LogP contribution is 2.36. The van der Waals surface area contributed by atoms with E-state index in [0.717, 1.165) is 28.0 Å². The zero-order valence-electron chi connectivity index (χ0n) is 20.0. The highest BCUT2D eigenvalue weighted by atomic mass is 35.5. The monoisotopic (exact) mass is 511 g/mol. The molecule has 3 aromatic carbocycles. The first-order chi connectivity index (χ1) is 16.8. The number of nitrogens with zero attached hydrogens (tertiary/aromatic N) is 1. The van der Waals surface area contributed by atoms with Crippen LogP contribution in [-0.2, 0) is 35.5 Å². The number of rotatable bonds is 7. The summed E-state index contributed by atoms with van der Waals surface area (Å²) in [6.07, 6.45) is 0.521. The van der Waals surface area contributed by atoms with Gasteiger partial charge in [-0.1, -0.05) is 59.6 Å². The number of carbonyl (C=O) groups is 2. The second-order valence-electron chi connectivity index (χ2n) is 8.75. The summed E-state index contributed by atoms with van der Waals surface area (Å²) in [5.41, 5.74) is 5.72. The van der Waals surface area contributed by atoms with Gasteiger partial charge in [0.15, 0.2) is 0 Å². The van der Waals surface area contributed by atoms with Crippen LogP contribution in [-0.4, -0.2) is 30.4 Å². The van der Waals surface area contributed by atoms with Crippen LogP contribution in [0.25, 0.3) is 0 Å². The maximum atomic E-state index is 13.6. The quantitative estimate of drug-likeness (QED) is 0.359. The molecule has 0 N–H and O–H groups in total. The van der Waals surface area contributed by atoms with Crippen molar-refractivity contribution in [3.63, 3.8) is 0 Å². The van der Waals surface area contributed by atoms with Crippen molar-refractivity contribution in [3.8, 4) is 5.75 Å². The molecule has 1 aliphatic heterocycles. The largest absolute Gasteiger partial charge is 0.489 e. The Bertz CT molecular complexity index is 1270. The van der Waals surface area contributed by atoms with Gasteiger partial charge >= 0.3 is 5.97 Å². The number of hydrogen-bond acceptors (Lipinski definition) is 4. The maximum Gasteiger partial charge on any atom is 0.310 e. The van der Waals surface area contributed by atoms with Crippen LogP contribution in [0.4, 0.5) is 0 Å². The average molecular weight is 512 g/mol. The number of hydrogen-bond donors (Lipinski definition) is 0. The molecule has 0 aromatic heterocycles. The first-order valence-corrected chi connectivity index (χ1v) is 12.2. The zero-order valence-corrected chi connectivity index (χ0v) is 21.5. The topological polar surface area (TPSA) is 55.8 Å². The van der Waals surface area contributed by atoms with Crippen molar-refractivity contribution in [1.29, 1.82) is 0 Å². The highest BCUT2D eigenvalue weighted by Gasteiger charge is 2.31. The Kier molecular flexibility index (Phi) is 7.68. The normalized spacial score (nSPS) is 12.9. The van der Waals surface area contributed by atoms with Crippen LogP contribution in [0.1, 0.15) is 43.7 Å². The van der Waals surface area contributed by atoms with Crippen molar-refractivity contribution in [1.82, 2.24) is 4.90 Å². The van der Waals surface area contributed by atoms with E-state index in [1.54, 1.807) is 11.0 Å². The van der Waals surface area contributed by atoms with Gasteiger partial charge in [0.1, 0.15) is 12.4 Å². The number of benzene rings is 3. The van der Waals surface area contributed by atoms with Crippen molar-refractivity contribution in [2.75, 3.05) is 13.7 Å². The van der Waals surface area contributed by atoms with Gasteiger partial charge in [-0.25, -0.2) is 0 Å². The number of aryl methyl sites for hydroxylation is 2. The molecular formula is C28H27Cl2NO4. The number of amides is 1. The fourth-order valence-corrected chi connectivity index (χ4v) is 5.05. The summed E-state index contributed by atoms with van der Waals surface area (Å²) >= 11 is 13.1. The molecule has 0 bridgehead atoms. The van der Waals surface area contributed by atoms with E-state index in [1.807, 2.05) is 50.2 Å². The van der Waals surface area contributed by atoms with Crippen LogP contribution in [0, 0.1) is 13.8 Å². The fourth-order valence-electron chi connectivity index (χ4n) is 4.41. The van der Waals surface area contributed by atoms with Crippen LogP contribution in [0.15, 0.2) is 48.5 Å². The molecule has 5 nitrogen and oxygen atoms in total. The molecule has 7 heteroatoms. The van der Waals surface area contributed by atoms with Crippen LogP contribution >= 0.6 is 23.2 Å². The molecule has 0 aliphatic carbocycles. The van der Waals surface area contributed by atoms with Crippen LogP contribution in [0.2, 0.25) is 10.0 Å². The predicted octanol–water partition coefficient (Wildman–Crippen LogP) is 6.10. The minimum absolute atomic E-state index is 0.0514. The molecule has 0 radical (unpaired) electrons. The lowest BCUT2D eigenvalue weighted by molar-refractivity contribution is -0.139. The van der Waals surface area contributed by atoms with Crippen LogP contribution in [0.3, 0.4) is 0 Å². The molecule has 1 aliphatic rings. The summed E-state index contributed by atoms with van der Waals surface area (Å²) in [6.45, 7) is 5.37. The summed E-state index contributed by atoms with van der Waals surface area (Å²) in [5, 5.41) is 0.695. The van der Waals surface area contributed by atoms with E-state index in [2.05, 4.69) is 6.07 Å². The van der Waals surface area contributed by atoms with E-state index < -0.39 is 5.97 Å². The van der Waals surface area contributed by atoms with E-state index in [-0.39, 0.29) is 17.4 Å². The smallest absolute Gasteiger partial charge is 0.310 e. The van der Waals surface area contributed by atoms with E-state index >= 15 is 0 Å². The Hall–Kier alpha value is -3.02. The number of fused-ring (bicyclic) bond motifs is 1. The molecule has 182 valence electrons. The number of methoxy groups -OCH3 is 1. The third kappa shape index (κ3) is 5.47. The number of ether oxygens (including phenoxy) is 2. The van der Waals surface area contributed by atoms with Gasteiger partial charge in [-0.2, -0.15) is 0 Å². The Labute approximate surface area is 215 Å². The van der Waals surface area contributed by atoms with Crippen molar-refractivity contribution in [2.45, 2.75) is 39.8 Å². The summed E-state index contributed by atoms with van der Waals surface area (Å²) in [5.74, 6) is 0.103. The lowest BCUT2D eigenvalue weighted by Crippen LogP contribution is -2.38. The summed E-state index contributed by atoms with van der Waals surface area (Å²) < 4.78 is 11.0. The molecule has 0 saturated carbocycles. The minimum atomic E-state index is -0.446. The predicted molar refractivity (Wildman–Crippen MR) is 137 cm³/mol. The third-order valence-corrected chi connectivity index (χ3v) is 7.02. The van der Waals surface area contributed by atoms with Crippen molar-refractivity contribution < 1.29 is 19.1 Å². The van der Waals surface area contributed by atoms with Gasteiger partial charge in [-0.15, -0.1) is 0 Å².